The van der Waals surface area contributed by atoms with Crippen molar-refractivity contribution in [2.45, 2.75) is 19.4 Å². The zero-order valence-corrected chi connectivity index (χ0v) is 11.0. The summed E-state index contributed by atoms with van der Waals surface area (Å²) in [6, 6.07) is 8.24. The fraction of sp³-hybridized carbons (Fsp3) is 0.400. The van der Waals surface area contributed by atoms with Crippen LogP contribution < -0.4 is 5.73 Å². The Morgan fingerprint density at radius 2 is 2.06 bits per heavy atom. The smallest absolute Gasteiger partial charge is 0.0488 e. The Hall–Kier alpha value is -1.45. The Kier molecular flexibility index (Phi) is 4.28. The Balaban J connectivity index is 2.24. The summed E-state index contributed by atoms with van der Waals surface area (Å²) in [7, 11) is 1.72. The summed E-state index contributed by atoms with van der Waals surface area (Å²) < 4.78 is 5.16. The van der Waals surface area contributed by atoms with E-state index in [2.05, 4.69) is 24.0 Å². The number of aromatic nitrogens is 1. The maximum Gasteiger partial charge on any atom is 0.0488 e. The molecule has 2 N–H and O–H groups in total. The average molecular weight is 244 g/mol. The van der Waals surface area contributed by atoms with Crippen LogP contribution in [0.5, 0.6) is 0 Å². The molecular formula is C15H20N2O. The highest BCUT2D eigenvalue weighted by atomic mass is 16.5. The van der Waals surface area contributed by atoms with E-state index in [9.17, 15) is 0 Å². The standard InChI is InChI=1S/C15H20N2O/c1-11(10-18-2)7-15(16)14-9-17-8-12-5-3-4-6-13(12)14/h3-6,8-9,11,15H,7,10,16H2,1-2H3. The van der Waals surface area contributed by atoms with Crippen LogP contribution >= 0.6 is 0 Å². The molecule has 0 aliphatic rings. The molecule has 2 unspecified atom stereocenters. The van der Waals surface area contributed by atoms with Gasteiger partial charge in [-0.25, -0.2) is 0 Å². The third-order valence-corrected chi connectivity index (χ3v) is 3.21. The molecule has 2 atom stereocenters. The predicted molar refractivity (Wildman–Crippen MR) is 74.3 cm³/mol. The summed E-state index contributed by atoms with van der Waals surface area (Å²) in [6.07, 6.45) is 4.67. The fourth-order valence-electron chi connectivity index (χ4n) is 2.35. The Labute approximate surface area is 108 Å². The van der Waals surface area contributed by atoms with Gasteiger partial charge in [-0.1, -0.05) is 31.2 Å². The van der Waals surface area contributed by atoms with Crippen LogP contribution in [0, 0.1) is 5.92 Å². The Morgan fingerprint density at radius 3 is 2.83 bits per heavy atom. The molecule has 1 aromatic carbocycles. The minimum atomic E-state index is 0.00810. The van der Waals surface area contributed by atoms with Crippen molar-refractivity contribution in [2.75, 3.05) is 13.7 Å². The molecule has 3 nitrogen and oxygen atoms in total. The van der Waals surface area contributed by atoms with Gasteiger partial charge in [-0.05, 0) is 23.3 Å². The first-order valence-electron chi connectivity index (χ1n) is 6.29. The lowest BCUT2D eigenvalue weighted by Crippen LogP contribution is -2.17. The number of pyridine rings is 1. The zero-order valence-electron chi connectivity index (χ0n) is 11.0. The third kappa shape index (κ3) is 2.86. The molecule has 0 bridgehead atoms. The summed E-state index contributed by atoms with van der Waals surface area (Å²) >= 11 is 0. The monoisotopic (exact) mass is 244 g/mol. The van der Waals surface area contributed by atoms with Crippen LogP contribution in [-0.2, 0) is 4.74 Å². The largest absolute Gasteiger partial charge is 0.384 e. The summed E-state index contributed by atoms with van der Waals surface area (Å²) in [4.78, 5) is 4.28. The highest BCUT2D eigenvalue weighted by molar-refractivity contribution is 5.85. The molecule has 18 heavy (non-hydrogen) atoms. The summed E-state index contributed by atoms with van der Waals surface area (Å²) in [5.41, 5.74) is 7.42. The van der Waals surface area contributed by atoms with E-state index in [0.717, 1.165) is 24.0 Å². The van der Waals surface area contributed by atoms with E-state index in [-0.39, 0.29) is 6.04 Å². The summed E-state index contributed by atoms with van der Waals surface area (Å²) in [5, 5.41) is 2.34. The van der Waals surface area contributed by atoms with Gasteiger partial charge in [-0.15, -0.1) is 0 Å². The summed E-state index contributed by atoms with van der Waals surface area (Å²) in [5.74, 6) is 0.448. The molecule has 0 saturated carbocycles. The number of nitrogens with zero attached hydrogens (tertiary/aromatic N) is 1. The second-order valence-corrected chi connectivity index (χ2v) is 4.85. The van der Waals surface area contributed by atoms with Gasteiger partial charge in [0, 0.05) is 37.5 Å². The number of benzene rings is 1. The SMILES string of the molecule is COCC(C)CC(N)c1cncc2ccccc12. The number of hydrogen-bond acceptors (Lipinski definition) is 3. The van der Waals surface area contributed by atoms with Crippen molar-refractivity contribution in [1.29, 1.82) is 0 Å². The molecule has 0 radical (unpaired) electrons. The van der Waals surface area contributed by atoms with Crippen LogP contribution in [0.4, 0.5) is 0 Å². The second kappa shape index (κ2) is 5.94. The van der Waals surface area contributed by atoms with Crippen molar-refractivity contribution >= 4 is 10.8 Å². The number of nitrogens with two attached hydrogens (primary N) is 1. The molecule has 0 fully saturated rings. The van der Waals surface area contributed by atoms with Crippen LogP contribution in [0.1, 0.15) is 24.9 Å². The highest BCUT2D eigenvalue weighted by Crippen LogP contribution is 2.25. The van der Waals surface area contributed by atoms with E-state index in [1.165, 1.54) is 5.39 Å². The van der Waals surface area contributed by atoms with Gasteiger partial charge >= 0.3 is 0 Å². The van der Waals surface area contributed by atoms with E-state index >= 15 is 0 Å². The van der Waals surface area contributed by atoms with E-state index in [1.807, 2.05) is 24.5 Å². The van der Waals surface area contributed by atoms with Gasteiger partial charge in [0.05, 0.1) is 0 Å². The van der Waals surface area contributed by atoms with Gasteiger partial charge in [0.15, 0.2) is 0 Å². The maximum atomic E-state index is 6.30. The maximum absolute atomic E-state index is 6.30. The highest BCUT2D eigenvalue weighted by Gasteiger charge is 2.13. The number of fused-ring (bicyclic) bond motifs is 1. The first-order chi connectivity index (χ1) is 8.72. The lowest BCUT2D eigenvalue weighted by Gasteiger charge is -2.18. The second-order valence-electron chi connectivity index (χ2n) is 4.85. The van der Waals surface area contributed by atoms with E-state index in [1.54, 1.807) is 7.11 Å². The van der Waals surface area contributed by atoms with Crippen LogP contribution in [0.15, 0.2) is 36.7 Å². The van der Waals surface area contributed by atoms with Crippen molar-refractivity contribution in [3.05, 3.63) is 42.2 Å². The topological polar surface area (TPSA) is 48.1 Å². The molecule has 3 heteroatoms. The molecule has 0 aliphatic heterocycles. The molecule has 1 aromatic heterocycles. The molecule has 1 heterocycles. The average Bonchev–Trinajstić information content (AvgIpc) is 2.38. The van der Waals surface area contributed by atoms with Crippen LogP contribution in [-0.4, -0.2) is 18.7 Å². The Bertz CT molecular complexity index is 507. The fourth-order valence-corrected chi connectivity index (χ4v) is 2.35. The van der Waals surface area contributed by atoms with Gasteiger partial charge in [0.1, 0.15) is 0 Å². The van der Waals surface area contributed by atoms with Crippen molar-refractivity contribution in [3.8, 4) is 0 Å². The Morgan fingerprint density at radius 1 is 1.28 bits per heavy atom. The van der Waals surface area contributed by atoms with Crippen molar-refractivity contribution in [1.82, 2.24) is 4.98 Å². The van der Waals surface area contributed by atoms with Crippen molar-refractivity contribution in [2.24, 2.45) is 11.7 Å². The molecule has 96 valence electrons. The predicted octanol–water partition coefficient (Wildman–Crippen LogP) is 2.91. The minimum Gasteiger partial charge on any atom is -0.384 e. The number of hydrogen-bond donors (Lipinski definition) is 1. The molecule has 2 aromatic rings. The molecule has 0 aliphatic carbocycles. The number of methoxy groups -OCH3 is 1. The van der Waals surface area contributed by atoms with Gasteiger partial charge in [0.25, 0.3) is 0 Å². The quantitative estimate of drug-likeness (QED) is 0.879. The normalized spacial score (nSPS) is 14.6. The number of rotatable bonds is 5. The lowest BCUT2D eigenvalue weighted by atomic mass is 9.95. The molecule has 2 rings (SSSR count). The van der Waals surface area contributed by atoms with Crippen LogP contribution in [0.2, 0.25) is 0 Å². The van der Waals surface area contributed by atoms with Crippen LogP contribution in [0.3, 0.4) is 0 Å². The van der Waals surface area contributed by atoms with Crippen molar-refractivity contribution < 1.29 is 4.74 Å². The van der Waals surface area contributed by atoms with Gasteiger partial charge in [-0.3, -0.25) is 4.98 Å². The molecule has 0 saturated heterocycles. The zero-order chi connectivity index (χ0) is 13.0. The molecular weight excluding hydrogens is 224 g/mol. The minimum absolute atomic E-state index is 0.00810. The lowest BCUT2D eigenvalue weighted by molar-refractivity contribution is 0.152. The van der Waals surface area contributed by atoms with Gasteiger partial charge in [-0.2, -0.15) is 0 Å². The molecule has 0 amide bonds. The van der Waals surface area contributed by atoms with E-state index < -0.39 is 0 Å². The number of ether oxygens (including phenoxy) is 1. The van der Waals surface area contributed by atoms with Crippen LogP contribution in [0.25, 0.3) is 10.8 Å². The molecule has 0 spiro atoms. The van der Waals surface area contributed by atoms with Gasteiger partial charge in [0.2, 0.25) is 0 Å². The van der Waals surface area contributed by atoms with E-state index in [4.69, 9.17) is 10.5 Å². The summed E-state index contributed by atoms with van der Waals surface area (Å²) in [6.45, 7) is 2.90. The first-order valence-corrected chi connectivity index (χ1v) is 6.29. The van der Waals surface area contributed by atoms with E-state index in [0.29, 0.717) is 5.92 Å². The third-order valence-electron chi connectivity index (χ3n) is 3.21. The first kappa shape index (κ1) is 13.0. The van der Waals surface area contributed by atoms with Crippen molar-refractivity contribution in [3.63, 3.8) is 0 Å². The van der Waals surface area contributed by atoms with Gasteiger partial charge < -0.3 is 10.5 Å².